The van der Waals surface area contributed by atoms with Gasteiger partial charge in [0.1, 0.15) is 12.3 Å². The molecule has 0 aliphatic rings. The number of anilines is 1. The minimum Gasteiger partial charge on any atom is -0.496 e. The average Bonchev–Trinajstić information content (AvgIpc) is 2.79. The summed E-state index contributed by atoms with van der Waals surface area (Å²) in [7, 11) is -0.721. The van der Waals surface area contributed by atoms with Crippen molar-refractivity contribution >= 4 is 37.5 Å². The van der Waals surface area contributed by atoms with E-state index in [-0.39, 0.29) is 17.3 Å². The van der Waals surface area contributed by atoms with Crippen LogP contribution in [0, 0.1) is 0 Å². The molecule has 3 rings (SSSR count). The average molecular weight is 503 g/mol. The number of halogens is 1. The van der Waals surface area contributed by atoms with Crippen LogP contribution < -0.4 is 9.04 Å². The molecular formula is C23H23BrN2O4S. The van der Waals surface area contributed by atoms with Gasteiger partial charge in [0.15, 0.2) is 0 Å². The molecule has 0 aliphatic carbocycles. The van der Waals surface area contributed by atoms with Gasteiger partial charge in [-0.2, -0.15) is 0 Å². The Kier molecular flexibility index (Phi) is 7.35. The van der Waals surface area contributed by atoms with E-state index in [0.29, 0.717) is 18.0 Å². The molecular weight excluding hydrogens is 480 g/mol. The molecule has 162 valence electrons. The summed E-state index contributed by atoms with van der Waals surface area (Å²) >= 11 is 3.36. The lowest BCUT2D eigenvalue weighted by Crippen LogP contribution is -2.41. The summed E-state index contributed by atoms with van der Waals surface area (Å²) in [5.74, 6) is 0.331. The number of likely N-dealkylation sites (N-methyl/N-ethyl adjacent to an activating group) is 1. The van der Waals surface area contributed by atoms with Crippen LogP contribution in [0.3, 0.4) is 0 Å². The van der Waals surface area contributed by atoms with E-state index in [4.69, 9.17) is 4.74 Å². The van der Waals surface area contributed by atoms with Crippen molar-refractivity contribution in [1.29, 1.82) is 0 Å². The number of carbonyl (C=O) groups excluding carboxylic acids is 1. The predicted octanol–water partition coefficient (Wildman–Crippen LogP) is 4.31. The lowest BCUT2D eigenvalue weighted by Gasteiger charge is -2.27. The first kappa shape index (κ1) is 22.8. The molecule has 0 N–H and O–H groups in total. The van der Waals surface area contributed by atoms with Crippen LogP contribution in [0.2, 0.25) is 0 Å². The van der Waals surface area contributed by atoms with Gasteiger partial charge < -0.3 is 9.64 Å². The zero-order valence-electron chi connectivity index (χ0n) is 17.2. The summed E-state index contributed by atoms with van der Waals surface area (Å²) in [6.45, 7) is -0.0348. The molecule has 0 bridgehead atoms. The normalized spacial score (nSPS) is 11.1. The lowest BCUT2D eigenvalue weighted by molar-refractivity contribution is -0.128. The number of hydrogen-bond donors (Lipinski definition) is 0. The Labute approximate surface area is 191 Å². The van der Waals surface area contributed by atoms with E-state index in [2.05, 4.69) is 15.9 Å². The molecule has 0 aromatic heterocycles. The van der Waals surface area contributed by atoms with Crippen LogP contribution in [0.1, 0.15) is 5.56 Å². The lowest BCUT2D eigenvalue weighted by atomic mass is 10.2. The molecule has 3 aromatic rings. The molecule has 0 aliphatic heterocycles. The molecule has 0 fully saturated rings. The van der Waals surface area contributed by atoms with Crippen molar-refractivity contribution in [3.8, 4) is 5.75 Å². The van der Waals surface area contributed by atoms with Gasteiger partial charge in [-0.05, 0) is 42.5 Å². The maximum Gasteiger partial charge on any atom is 0.264 e. The molecule has 6 nitrogen and oxygen atoms in total. The van der Waals surface area contributed by atoms with E-state index < -0.39 is 10.0 Å². The number of rotatable bonds is 8. The van der Waals surface area contributed by atoms with Gasteiger partial charge in [0.25, 0.3) is 10.0 Å². The molecule has 0 saturated carbocycles. The van der Waals surface area contributed by atoms with Crippen molar-refractivity contribution in [2.45, 2.75) is 11.4 Å². The maximum absolute atomic E-state index is 13.4. The van der Waals surface area contributed by atoms with Crippen molar-refractivity contribution < 1.29 is 17.9 Å². The first-order valence-corrected chi connectivity index (χ1v) is 11.8. The van der Waals surface area contributed by atoms with Crippen molar-refractivity contribution in [1.82, 2.24) is 4.90 Å². The summed E-state index contributed by atoms with van der Waals surface area (Å²) in [4.78, 5) is 14.7. The number of carbonyl (C=O) groups is 1. The fraction of sp³-hybridized carbons (Fsp3) is 0.174. The summed E-state index contributed by atoms with van der Waals surface area (Å²) < 4.78 is 34.0. The molecule has 8 heteroatoms. The Morgan fingerprint density at radius 3 is 2.19 bits per heavy atom. The number of nitrogens with zero attached hydrogens (tertiary/aromatic N) is 2. The number of benzene rings is 3. The number of para-hydroxylation sites is 1. The maximum atomic E-state index is 13.4. The van der Waals surface area contributed by atoms with Crippen LogP contribution in [-0.4, -0.2) is 39.9 Å². The Hall–Kier alpha value is -2.84. The largest absolute Gasteiger partial charge is 0.496 e. The molecule has 0 unspecified atom stereocenters. The fourth-order valence-corrected chi connectivity index (χ4v) is 4.76. The number of methoxy groups -OCH3 is 1. The van der Waals surface area contributed by atoms with Gasteiger partial charge in [0, 0.05) is 23.6 Å². The highest BCUT2D eigenvalue weighted by molar-refractivity contribution is 9.10. The van der Waals surface area contributed by atoms with Crippen molar-refractivity contribution in [2.24, 2.45) is 0 Å². The minimum absolute atomic E-state index is 0.123. The smallest absolute Gasteiger partial charge is 0.264 e. The Morgan fingerprint density at radius 1 is 0.935 bits per heavy atom. The van der Waals surface area contributed by atoms with Crippen LogP contribution in [0.15, 0.2) is 88.2 Å². The van der Waals surface area contributed by atoms with Gasteiger partial charge in [-0.25, -0.2) is 8.42 Å². The second kappa shape index (κ2) is 9.98. The molecule has 1 amide bonds. The van der Waals surface area contributed by atoms with Crippen molar-refractivity contribution in [2.75, 3.05) is 25.0 Å². The first-order chi connectivity index (χ1) is 14.8. The third-order valence-electron chi connectivity index (χ3n) is 4.75. The number of ether oxygens (including phenoxy) is 1. The third kappa shape index (κ3) is 5.45. The van der Waals surface area contributed by atoms with Crippen molar-refractivity contribution in [3.05, 3.63) is 88.9 Å². The summed E-state index contributed by atoms with van der Waals surface area (Å²) in [5.41, 5.74) is 1.24. The highest BCUT2D eigenvalue weighted by Gasteiger charge is 2.28. The van der Waals surface area contributed by atoms with E-state index >= 15 is 0 Å². The minimum atomic E-state index is -3.94. The van der Waals surface area contributed by atoms with Crippen LogP contribution in [0.4, 0.5) is 5.69 Å². The molecule has 31 heavy (non-hydrogen) atoms. The molecule has 0 heterocycles. The van der Waals surface area contributed by atoms with E-state index in [1.807, 2.05) is 24.3 Å². The monoisotopic (exact) mass is 502 g/mol. The Morgan fingerprint density at radius 2 is 1.55 bits per heavy atom. The number of hydrogen-bond acceptors (Lipinski definition) is 4. The zero-order valence-corrected chi connectivity index (χ0v) is 19.6. The second-order valence-electron chi connectivity index (χ2n) is 6.86. The fourth-order valence-electron chi connectivity index (χ4n) is 3.06. The molecule has 0 spiro atoms. The highest BCUT2D eigenvalue weighted by Crippen LogP contribution is 2.26. The Bertz CT molecular complexity index is 1140. The number of sulfonamides is 1. The highest BCUT2D eigenvalue weighted by atomic mass is 79.9. The van der Waals surface area contributed by atoms with Gasteiger partial charge in [-0.3, -0.25) is 9.10 Å². The van der Waals surface area contributed by atoms with Gasteiger partial charge in [0.05, 0.1) is 17.7 Å². The summed E-state index contributed by atoms with van der Waals surface area (Å²) in [6.07, 6.45) is 0. The summed E-state index contributed by atoms with van der Waals surface area (Å²) in [5, 5.41) is 0. The molecule has 0 saturated heterocycles. The van der Waals surface area contributed by atoms with Crippen LogP contribution in [0.25, 0.3) is 0 Å². The van der Waals surface area contributed by atoms with E-state index in [9.17, 15) is 13.2 Å². The summed E-state index contributed by atoms with van der Waals surface area (Å²) in [6, 6.07) is 22.3. The zero-order chi connectivity index (χ0) is 22.4. The van der Waals surface area contributed by atoms with E-state index in [1.165, 1.54) is 17.0 Å². The van der Waals surface area contributed by atoms with Gasteiger partial charge in [-0.15, -0.1) is 0 Å². The molecule has 3 aromatic carbocycles. The standard InChI is InChI=1S/C23H23BrN2O4S/c1-25(16-18-8-6-7-11-22(18)30-2)23(27)17-26(20-14-12-19(24)13-15-20)31(28,29)21-9-4-3-5-10-21/h3-15H,16-17H2,1-2H3. The van der Waals surface area contributed by atoms with Crippen LogP contribution in [-0.2, 0) is 21.4 Å². The van der Waals surface area contributed by atoms with E-state index in [1.54, 1.807) is 56.6 Å². The third-order valence-corrected chi connectivity index (χ3v) is 7.07. The van der Waals surface area contributed by atoms with Gasteiger partial charge >= 0.3 is 0 Å². The topological polar surface area (TPSA) is 66.9 Å². The van der Waals surface area contributed by atoms with Crippen molar-refractivity contribution in [3.63, 3.8) is 0 Å². The van der Waals surface area contributed by atoms with Crippen LogP contribution in [0.5, 0.6) is 5.75 Å². The SMILES string of the molecule is COc1ccccc1CN(C)C(=O)CN(c1ccc(Br)cc1)S(=O)(=O)c1ccccc1. The number of amides is 1. The van der Waals surface area contributed by atoms with Gasteiger partial charge in [0.2, 0.25) is 5.91 Å². The van der Waals surface area contributed by atoms with E-state index in [0.717, 1.165) is 14.3 Å². The first-order valence-electron chi connectivity index (χ1n) is 9.52. The van der Waals surface area contributed by atoms with Crippen LogP contribution >= 0.6 is 15.9 Å². The molecule has 0 radical (unpaired) electrons. The Balaban J connectivity index is 1.89. The molecule has 0 atom stereocenters. The quantitative estimate of drug-likeness (QED) is 0.460. The van der Waals surface area contributed by atoms with Gasteiger partial charge in [-0.1, -0.05) is 52.3 Å². The predicted molar refractivity (Wildman–Crippen MR) is 125 cm³/mol. The second-order valence-corrected chi connectivity index (χ2v) is 9.64.